The van der Waals surface area contributed by atoms with Crippen molar-refractivity contribution in [2.45, 2.75) is 25.4 Å². The molecule has 2 N–H and O–H groups in total. The molecule has 0 amide bonds. The molecule has 0 spiro atoms. The molecular weight excluding hydrogens is 234 g/mol. The SMILES string of the molecule is COC(=O)C[C@@H](CC(=O)O)NCc1ccccc1. The largest absolute Gasteiger partial charge is 0.481 e. The van der Waals surface area contributed by atoms with E-state index in [1.165, 1.54) is 7.11 Å². The molecule has 0 aliphatic carbocycles. The first-order valence-electron chi connectivity index (χ1n) is 5.67. The fourth-order valence-corrected chi connectivity index (χ4v) is 1.57. The second-order valence-electron chi connectivity index (χ2n) is 3.94. The van der Waals surface area contributed by atoms with Gasteiger partial charge in [-0.25, -0.2) is 0 Å². The fraction of sp³-hybridized carbons (Fsp3) is 0.385. The number of esters is 1. The zero-order valence-electron chi connectivity index (χ0n) is 10.3. The molecule has 0 aliphatic rings. The van der Waals surface area contributed by atoms with Crippen molar-refractivity contribution in [3.63, 3.8) is 0 Å². The van der Waals surface area contributed by atoms with Gasteiger partial charge >= 0.3 is 11.9 Å². The van der Waals surface area contributed by atoms with Gasteiger partial charge in [-0.15, -0.1) is 0 Å². The maximum atomic E-state index is 11.2. The Morgan fingerprint density at radius 3 is 2.50 bits per heavy atom. The highest BCUT2D eigenvalue weighted by atomic mass is 16.5. The van der Waals surface area contributed by atoms with Gasteiger partial charge in [0.1, 0.15) is 0 Å². The van der Waals surface area contributed by atoms with Gasteiger partial charge in [-0.2, -0.15) is 0 Å². The summed E-state index contributed by atoms with van der Waals surface area (Å²) in [7, 11) is 1.29. The summed E-state index contributed by atoms with van der Waals surface area (Å²) in [6.07, 6.45) is -0.0580. The van der Waals surface area contributed by atoms with Gasteiger partial charge < -0.3 is 15.2 Å². The number of ether oxygens (including phenoxy) is 1. The summed E-state index contributed by atoms with van der Waals surface area (Å²) >= 11 is 0. The summed E-state index contributed by atoms with van der Waals surface area (Å²) in [6.45, 7) is 0.524. The second kappa shape index (κ2) is 7.45. The van der Waals surface area contributed by atoms with Gasteiger partial charge in [-0.3, -0.25) is 9.59 Å². The molecule has 0 bridgehead atoms. The normalized spacial score (nSPS) is 11.8. The zero-order valence-corrected chi connectivity index (χ0v) is 10.3. The maximum Gasteiger partial charge on any atom is 0.307 e. The molecule has 5 heteroatoms. The molecule has 0 aliphatic heterocycles. The highest BCUT2D eigenvalue weighted by Crippen LogP contribution is 2.04. The van der Waals surface area contributed by atoms with Crippen LogP contribution in [0.5, 0.6) is 0 Å². The number of hydrogen-bond donors (Lipinski definition) is 2. The van der Waals surface area contributed by atoms with E-state index in [0.29, 0.717) is 6.54 Å². The average Bonchev–Trinajstić information content (AvgIpc) is 2.36. The van der Waals surface area contributed by atoms with Crippen LogP contribution in [-0.4, -0.2) is 30.2 Å². The second-order valence-corrected chi connectivity index (χ2v) is 3.94. The first kappa shape index (κ1) is 14.2. The molecule has 0 aromatic heterocycles. The lowest BCUT2D eigenvalue weighted by Crippen LogP contribution is -2.33. The highest BCUT2D eigenvalue weighted by Gasteiger charge is 2.17. The maximum absolute atomic E-state index is 11.2. The quantitative estimate of drug-likeness (QED) is 0.712. The first-order chi connectivity index (χ1) is 8.61. The van der Waals surface area contributed by atoms with Gasteiger partial charge in [0.2, 0.25) is 0 Å². The van der Waals surface area contributed by atoms with Crippen LogP contribution in [-0.2, 0) is 20.9 Å². The van der Waals surface area contributed by atoms with Crippen LogP contribution in [0.4, 0.5) is 0 Å². The number of nitrogens with one attached hydrogen (secondary N) is 1. The monoisotopic (exact) mass is 251 g/mol. The van der Waals surface area contributed by atoms with Crippen molar-refractivity contribution < 1.29 is 19.4 Å². The van der Waals surface area contributed by atoms with E-state index in [-0.39, 0.29) is 12.8 Å². The summed E-state index contributed by atoms with van der Waals surface area (Å²) in [6, 6.07) is 9.17. The van der Waals surface area contributed by atoms with Gasteiger partial charge in [-0.05, 0) is 5.56 Å². The van der Waals surface area contributed by atoms with E-state index < -0.39 is 18.0 Å². The summed E-state index contributed by atoms with van der Waals surface area (Å²) < 4.78 is 4.54. The number of carbonyl (C=O) groups excluding carboxylic acids is 1. The van der Waals surface area contributed by atoms with E-state index in [4.69, 9.17) is 5.11 Å². The van der Waals surface area contributed by atoms with E-state index in [1.807, 2.05) is 30.3 Å². The minimum Gasteiger partial charge on any atom is -0.481 e. The zero-order chi connectivity index (χ0) is 13.4. The number of benzene rings is 1. The van der Waals surface area contributed by atoms with Gasteiger partial charge in [0.05, 0.1) is 20.0 Å². The molecule has 1 aromatic carbocycles. The number of rotatable bonds is 7. The predicted octanol–water partition coefficient (Wildman–Crippen LogP) is 1.18. The third-order valence-electron chi connectivity index (χ3n) is 2.50. The Bertz CT molecular complexity index is 391. The Hall–Kier alpha value is -1.88. The first-order valence-corrected chi connectivity index (χ1v) is 5.67. The summed E-state index contributed by atoms with van der Waals surface area (Å²) in [5, 5.41) is 11.8. The van der Waals surface area contributed by atoms with Crippen molar-refractivity contribution in [2.75, 3.05) is 7.11 Å². The van der Waals surface area contributed by atoms with Crippen LogP contribution in [0.1, 0.15) is 18.4 Å². The lowest BCUT2D eigenvalue weighted by molar-refractivity contribution is -0.142. The fourth-order valence-electron chi connectivity index (χ4n) is 1.57. The van der Waals surface area contributed by atoms with Gasteiger partial charge in [-0.1, -0.05) is 30.3 Å². The standard InChI is InChI=1S/C13H17NO4/c1-18-13(17)8-11(7-12(15)16)14-9-10-5-3-2-4-6-10/h2-6,11,14H,7-9H2,1H3,(H,15,16)/t11-/m1/s1. The number of carboxylic acid groups (broad SMARTS) is 1. The van der Waals surface area contributed by atoms with Crippen molar-refractivity contribution in [1.29, 1.82) is 0 Å². The third kappa shape index (κ3) is 5.45. The lowest BCUT2D eigenvalue weighted by atomic mass is 10.1. The van der Waals surface area contributed by atoms with E-state index in [2.05, 4.69) is 10.1 Å². The number of aliphatic carboxylic acids is 1. The van der Waals surface area contributed by atoms with Gasteiger partial charge in [0.15, 0.2) is 0 Å². The molecule has 5 nitrogen and oxygen atoms in total. The molecule has 0 fully saturated rings. The Balaban J connectivity index is 2.50. The Kier molecular flexibility index (Phi) is 5.87. The van der Waals surface area contributed by atoms with E-state index >= 15 is 0 Å². The Morgan fingerprint density at radius 2 is 1.94 bits per heavy atom. The lowest BCUT2D eigenvalue weighted by Gasteiger charge is -2.15. The van der Waals surface area contributed by atoms with Crippen molar-refractivity contribution in [3.05, 3.63) is 35.9 Å². The predicted molar refractivity (Wildman–Crippen MR) is 66.0 cm³/mol. The molecule has 0 heterocycles. The number of methoxy groups -OCH3 is 1. The van der Waals surface area contributed by atoms with Crippen molar-refractivity contribution >= 4 is 11.9 Å². The van der Waals surface area contributed by atoms with E-state index in [0.717, 1.165) is 5.56 Å². The molecule has 0 unspecified atom stereocenters. The average molecular weight is 251 g/mol. The van der Waals surface area contributed by atoms with Crippen LogP contribution in [0, 0.1) is 0 Å². The molecular formula is C13H17NO4. The van der Waals surface area contributed by atoms with Crippen LogP contribution < -0.4 is 5.32 Å². The van der Waals surface area contributed by atoms with Crippen LogP contribution >= 0.6 is 0 Å². The van der Waals surface area contributed by atoms with Crippen LogP contribution in [0.15, 0.2) is 30.3 Å². The summed E-state index contributed by atoms with van der Waals surface area (Å²) in [4.78, 5) is 21.9. The molecule has 1 atom stereocenters. The third-order valence-corrected chi connectivity index (χ3v) is 2.50. The minimum atomic E-state index is -0.940. The van der Waals surface area contributed by atoms with Crippen LogP contribution in [0.25, 0.3) is 0 Å². The Labute approximate surface area is 106 Å². The minimum absolute atomic E-state index is 0.0512. The summed E-state index contributed by atoms with van der Waals surface area (Å²) in [5.41, 5.74) is 1.04. The van der Waals surface area contributed by atoms with E-state index in [9.17, 15) is 9.59 Å². The number of carboxylic acids is 1. The Morgan fingerprint density at radius 1 is 1.28 bits per heavy atom. The van der Waals surface area contributed by atoms with Crippen molar-refractivity contribution in [3.8, 4) is 0 Å². The highest BCUT2D eigenvalue weighted by molar-refractivity contribution is 5.72. The number of carbonyl (C=O) groups is 2. The van der Waals surface area contributed by atoms with Crippen molar-refractivity contribution in [1.82, 2.24) is 5.32 Å². The molecule has 18 heavy (non-hydrogen) atoms. The molecule has 0 saturated carbocycles. The molecule has 0 radical (unpaired) electrons. The van der Waals surface area contributed by atoms with Crippen molar-refractivity contribution in [2.24, 2.45) is 0 Å². The topological polar surface area (TPSA) is 75.6 Å². The van der Waals surface area contributed by atoms with Gasteiger partial charge in [0, 0.05) is 12.6 Å². The molecule has 98 valence electrons. The van der Waals surface area contributed by atoms with Crippen LogP contribution in [0.3, 0.4) is 0 Å². The van der Waals surface area contributed by atoms with E-state index in [1.54, 1.807) is 0 Å². The smallest absolute Gasteiger partial charge is 0.307 e. The number of hydrogen-bond acceptors (Lipinski definition) is 4. The van der Waals surface area contributed by atoms with Gasteiger partial charge in [0.25, 0.3) is 0 Å². The molecule has 1 rings (SSSR count). The molecule has 0 saturated heterocycles. The summed E-state index contributed by atoms with van der Waals surface area (Å²) in [5.74, 6) is -1.36. The molecule has 1 aromatic rings. The van der Waals surface area contributed by atoms with Crippen LogP contribution in [0.2, 0.25) is 0 Å².